The molecule has 2 aromatic rings. The average molecular weight is 331 g/mol. The van der Waals surface area contributed by atoms with E-state index < -0.39 is 0 Å². The van der Waals surface area contributed by atoms with E-state index in [0.717, 1.165) is 6.42 Å². The molecule has 0 spiro atoms. The Morgan fingerprint density at radius 2 is 2.25 bits per heavy atom. The van der Waals surface area contributed by atoms with Gasteiger partial charge in [0.2, 0.25) is 5.95 Å². The number of rotatable bonds is 4. The number of likely N-dealkylation sites (tertiary alicyclic amines) is 1. The fraction of sp³-hybridized carbons (Fsp3) is 0.500. The molecule has 0 bridgehead atoms. The van der Waals surface area contributed by atoms with Gasteiger partial charge in [-0.3, -0.25) is 14.6 Å². The van der Waals surface area contributed by atoms with Gasteiger partial charge in [-0.1, -0.05) is 6.92 Å². The van der Waals surface area contributed by atoms with Gasteiger partial charge in [-0.25, -0.2) is 9.97 Å². The van der Waals surface area contributed by atoms with Crippen molar-refractivity contribution in [1.29, 1.82) is 0 Å². The Kier molecular flexibility index (Phi) is 4.37. The molecule has 3 heterocycles. The predicted molar refractivity (Wildman–Crippen MR) is 88.3 cm³/mol. The van der Waals surface area contributed by atoms with Crippen molar-refractivity contribution >= 4 is 11.9 Å². The number of aromatic amines is 1. The Balaban J connectivity index is 1.75. The molecule has 0 radical (unpaired) electrons. The first-order valence-corrected chi connectivity index (χ1v) is 8.00. The number of aryl methyl sites for hydroxylation is 1. The van der Waals surface area contributed by atoms with E-state index in [-0.39, 0.29) is 17.4 Å². The minimum absolute atomic E-state index is 0.0486. The van der Waals surface area contributed by atoms with E-state index in [1.54, 1.807) is 9.80 Å². The Labute approximate surface area is 139 Å². The molecule has 1 aliphatic heterocycles. The number of carbonyl (C=O) groups is 1. The summed E-state index contributed by atoms with van der Waals surface area (Å²) in [6.07, 6.45) is 2.83. The number of carbonyl (C=O) groups excluding carboxylic acids is 1. The van der Waals surface area contributed by atoms with Gasteiger partial charge in [0.25, 0.3) is 11.5 Å². The van der Waals surface area contributed by atoms with E-state index in [1.165, 1.54) is 12.3 Å². The molecule has 3 rings (SSSR count). The number of hydrogen-bond acceptors (Lipinski definition) is 6. The number of anilines is 1. The van der Waals surface area contributed by atoms with Gasteiger partial charge in [-0.05, 0) is 6.42 Å². The van der Waals surface area contributed by atoms with Crippen molar-refractivity contribution in [3.05, 3.63) is 40.0 Å². The van der Waals surface area contributed by atoms with E-state index >= 15 is 0 Å². The fourth-order valence-electron chi connectivity index (χ4n) is 2.80. The molecule has 0 aliphatic carbocycles. The number of hydrogen-bond donors (Lipinski definition) is 1. The van der Waals surface area contributed by atoms with Gasteiger partial charge in [-0.2, -0.15) is 0 Å². The molecule has 1 N–H and O–H groups in total. The summed E-state index contributed by atoms with van der Waals surface area (Å²) in [6, 6.07) is 1.51. The third-order valence-electron chi connectivity index (χ3n) is 4.14. The molecule has 8 heteroatoms. The smallest absolute Gasteiger partial charge is 0.275 e. The molecule has 8 nitrogen and oxygen atoms in total. The molecule has 1 atom stereocenters. The van der Waals surface area contributed by atoms with Gasteiger partial charge in [0, 0.05) is 45.6 Å². The maximum Gasteiger partial charge on any atom is 0.275 e. The first-order chi connectivity index (χ1) is 11.5. The van der Waals surface area contributed by atoms with Crippen LogP contribution in [0.25, 0.3) is 0 Å². The van der Waals surface area contributed by atoms with Crippen molar-refractivity contribution < 1.29 is 9.21 Å². The molecule has 1 unspecified atom stereocenters. The van der Waals surface area contributed by atoms with Crippen LogP contribution >= 0.6 is 0 Å². The van der Waals surface area contributed by atoms with E-state index in [2.05, 4.69) is 15.0 Å². The van der Waals surface area contributed by atoms with Crippen molar-refractivity contribution in [3.8, 4) is 0 Å². The van der Waals surface area contributed by atoms with Crippen molar-refractivity contribution in [3.63, 3.8) is 0 Å². The van der Waals surface area contributed by atoms with Gasteiger partial charge >= 0.3 is 0 Å². The normalized spacial score (nSPS) is 17.3. The minimum Gasteiger partial charge on any atom is -0.448 e. The topological polar surface area (TPSA) is 95.3 Å². The third-order valence-corrected chi connectivity index (χ3v) is 4.14. The van der Waals surface area contributed by atoms with Crippen LogP contribution in [0.3, 0.4) is 0 Å². The average Bonchev–Trinajstić information content (AvgIpc) is 3.23. The lowest BCUT2D eigenvalue weighted by Crippen LogP contribution is -2.29. The highest BCUT2D eigenvalue weighted by Crippen LogP contribution is 2.26. The highest BCUT2D eigenvalue weighted by Gasteiger charge is 2.30. The van der Waals surface area contributed by atoms with E-state index in [1.807, 2.05) is 21.0 Å². The summed E-state index contributed by atoms with van der Waals surface area (Å²) >= 11 is 0. The number of nitrogens with one attached hydrogen (secondary N) is 1. The van der Waals surface area contributed by atoms with Gasteiger partial charge in [0.1, 0.15) is 6.26 Å². The SMILES string of the molecule is CCc1nc(C(=O)N2CCC(c3cc(=O)[nH]c(N(C)C)n3)C2)co1. The molecule has 1 amide bonds. The molecule has 0 saturated carbocycles. The Morgan fingerprint density at radius 3 is 2.92 bits per heavy atom. The molecule has 24 heavy (non-hydrogen) atoms. The summed E-state index contributed by atoms with van der Waals surface area (Å²) in [6.45, 7) is 3.06. The quantitative estimate of drug-likeness (QED) is 0.898. The number of oxazole rings is 1. The zero-order chi connectivity index (χ0) is 17.3. The van der Waals surface area contributed by atoms with Crippen LogP contribution in [0, 0.1) is 0 Å². The number of aromatic nitrogens is 3. The van der Waals surface area contributed by atoms with Gasteiger partial charge in [-0.15, -0.1) is 0 Å². The van der Waals surface area contributed by atoms with Gasteiger partial charge < -0.3 is 14.2 Å². The Bertz CT molecular complexity index is 795. The number of H-pyrrole nitrogens is 1. The van der Waals surface area contributed by atoms with Crippen LogP contribution in [0.4, 0.5) is 5.95 Å². The predicted octanol–water partition coefficient (Wildman–Crippen LogP) is 1.02. The molecular weight excluding hydrogens is 310 g/mol. The standard InChI is InChI=1S/C16H21N5O3/c1-4-14-17-12(9-24-14)15(23)21-6-5-10(8-21)11-7-13(22)19-16(18-11)20(2)3/h7,9-10H,4-6,8H2,1-3H3,(H,18,19,22). The molecule has 1 aliphatic rings. The van der Waals surface area contributed by atoms with E-state index in [0.29, 0.717) is 42.7 Å². The molecule has 0 aromatic carbocycles. The molecule has 128 valence electrons. The van der Waals surface area contributed by atoms with Crippen LogP contribution in [-0.4, -0.2) is 52.9 Å². The summed E-state index contributed by atoms with van der Waals surface area (Å²) in [5.74, 6) is 0.985. The highest BCUT2D eigenvalue weighted by molar-refractivity contribution is 5.92. The summed E-state index contributed by atoms with van der Waals surface area (Å²) < 4.78 is 5.24. The molecule has 2 aromatic heterocycles. The maximum absolute atomic E-state index is 12.5. The van der Waals surface area contributed by atoms with Crippen molar-refractivity contribution in [1.82, 2.24) is 19.9 Å². The van der Waals surface area contributed by atoms with Crippen molar-refractivity contribution in [2.45, 2.75) is 25.7 Å². The highest BCUT2D eigenvalue weighted by atomic mass is 16.3. The maximum atomic E-state index is 12.5. The summed E-state index contributed by atoms with van der Waals surface area (Å²) in [7, 11) is 3.64. The summed E-state index contributed by atoms with van der Waals surface area (Å²) in [5.41, 5.74) is 0.866. The van der Waals surface area contributed by atoms with E-state index in [4.69, 9.17) is 4.42 Å². The zero-order valence-electron chi connectivity index (χ0n) is 14.1. The van der Waals surface area contributed by atoms with Gasteiger partial charge in [0.05, 0.1) is 5.69 Å². The fourth-order valence-corrected chi connectivity index (χ4v) is 2.80. The number of nitrogens with zero attached hydrogens (tertiary/aromatic N) is 4. The lowest BCUT2D eigenvalue weighted by molar-refractivity contribution is 0.0785. The van der Waals surface area contributed by atoms with Crippen molar-refractivity contribution in [2.24, 2.45) is 0 Å². The summed E-state index contributed by atoms with van der Waals surface area (Å²) in [4.78, 5) is 39.2. The lowest BCUT2D eigenvalue weighted by atomic mass is 10.1. The largest absolute Gasteiger partial charge is 0.448 e. The van der Waals surface area contributed by atoms with E-state index in [9.17, 15) is 9.59 Å². The van der Waals surface area contributed by atoms with Crippen molar-refractivity contribution in [2.75, 3.05) is 32.1 Å². The second-order valence-electron chi connectivity index (χ2n) is 6.11. The summed E-state index contributed by atoms with van der Waals surface area (Å²) in [5, 5.41) is 0. The third kappa shape index (κ3) is 3.17. The first kappa shape index (κ1) is 16.2. The van der Waals surface area contributed by atoms with Crippen LogP contribution < -0.4 is 10.5 Å². The van der Waals surface area contributed by atoms with Crippen LogP contribution in [-0.2, 0) is 6.42 Å². The van der Waals surface area contributed by atoms with Crippen LogP contribution in [0.15, 0.2) is 21.5 Å². The molecular formula is C16H21N5O3. The van der Waals surface area contributed by atoms with Crippen LogP contribution in [0.1, 0.15) is 41.3 Å². The molecule has 1 saturated heterocycles. The molecule has 1 fully saturated rings. The Hall–Kier alpha value is -2.64. The second kappa shape index (κ2) is 6.46. The minimum atomic E-state index is -0.183. The first-order valence-electron chi connectivity index (χ1n) is 8.00. The lowest BCUT2D eigenvalue weighted by Gasteiger charge is -2.16. The second-order valence-corrected chi connectivity index (χ2v) is 6.11. The van der Waals surface area contributed by atoms with Gasteiger partial charge in [0.15, 0.2) is 11.6 Å². The van der Waals surface area contributed by atoms with Crippen LogP contribution in [0.5, 0.6) is 0 Å². The zero-order valence-corrected chi connectivity index (χ0v) is 14.1. The monoisotopic (exact) mass is 331 g/mol. The Morgan fingerprint density at radius 1 is 1.46 bits per heavy atom. The number of amides is 1. The van der Waals surface area contributed by atoms with Crippen LogP contribution in [0.2, 0.25) is 0 Å².